The van der Waals surface area contributed by atoms with Crippen molar-refractivity contribution in [2.75, 3.05) is 13.1 Å². The van der Waals surface area contributed by atoms with Crippen LogP contribution in [0.2, 0.25) is 0 Å². The number of benzene rings is 2. The molecule has 4 rings (SSSR count). The summed E-state index contributed by atoms with van der Waals surface area (Å²) in [6.07, 6.45) is -3.56. The monoisotopic (exact) mass is 1060 g/mol. The van der Waals surface area contributed by atoms with Crippen LogP contribution in [0.5, 0.6) is 0 Å². The highest BCUT2D eigenvalue weighted by molar-refractivity contribution is 14.1. The minimum atomic E-state index is -4.48. The maximum atomic E-state index is 14.1. The number of carbonyl (C=O) groups excluding carboxylic acids is 1. The van der Waals surface area contributed by atoms with Gasteiger partial charge in [0.1, 0.15) is 28.8 Å². The van der Waals surface area contributed by atoms with E-state index in [1.165, 1.54) is 23.1 Å². The van der Waals surface area contributed by atoms with Crippen molar-refractivity contribution in [3.05, 3.63) is 114 Å². The van der Waals surface area contributed by atoms with Gasteiger partial charge < -0.3 is 16.7 Å². The Hall–Kier alpha value is -3.25. The molecule has 0 radical (unpaired) electrons. The summed E-state index contributed by atoms with van der Waals surface area (Å²) < 4.78 is 102. The molecule has 2 aromatic carbocycles. The standard InChI is InChI=1S/C18H18F4IN3O.C11H16F3N3.C7H4FIO2.BH4.ClH.H/c1-3-26(17(27)16-13(19)5-4-6-14(16)23)11(2)7-8-15-24-9-12(10-25-15)18(20,21)22;1-3-15-8(2)4-5-10-16-6-9(7-17-10)11(12,13)14;8-4-2-1-3-5(9)6(4)7(10)11;;;/h4-6,9-11H,3,7-8H2,1-2H3;6-8,15H,3-5H2,1-2H3;1-3H,(H,10,11);1H4;1H;/q;;;-1;;-1/t11-;8-;;;;/m00..../s1/i;;;;;1+1. The second-order valence-electron chi connectivity index (χ2n) is 11.7. The van der Waals surface area contributed by atoms with Gasteiger partial charge in [0.05, 0.1) is 16.7 Å². The maximum absolute atomic E-state index is 14.1. The highest BCUT2D eigenvalue weighted by atomic mass is 127. The summed E-state index contributed by atoms with van der Waals surface area (Å²) in [5.74, 6) is -2.21. The van der Waals surface area contributed by atoms with Gasteiger partial charge in [-0.1, -0.05) is 27.5 Å². The van der Waals surface area contributed by atoms with E-state index in [-0.39, 0.29) is 45.2 Å². The minimum absolute atomic E-state index is 0. The number of alkyl halides is 6. The molecule has 4 aromatic rings. The molecule has 0 aliphatic carbocycles. The van der Waals surface area contributed by atoms with Gasteiger partial charge in [-0.2, -0.15) is 26.3 Å². The SMILES string of the molecule is CCN(C(=O)c1c(F)cccc1I)[C@@H](C)CCc1ncc(C(F)(F)F)cn1.CCN[C@@H](C)CCc1ncc(C(F)(F)F)cn1.Cl.O=C(O)c1c(F)cccc1I.[2H-].[BH4-]. The van der Waals surface area contributed by atoms with Gasteiger partial charge in [-0.25, -0.2) is 33.5 Å². The first kappa shape index (κ1) is 53.8. The first-order valence-corrected chi connectivity index (χ1v) is 18.8. The highest BCUT2D eigenvalue weighted by Gasteiger charge is 2.32. The molecule has 2 N–H and O–H groups in total. The third kappa shape index (κ3) is 17.6. The summed E-state index contributed by atoms with van der Waals surface area (Å²) in [6.45, 7) is 8.86. The van der Waals surface area contributed by atoms with Crippen LogP contribution in [0, 0.1) is 18.8 Å². The smallest absolute Gasteiger partial charge is 0.419 e. The Morgan fingerprint density at radius 2 is 1.18 bits per heavy atom. The quantitative estimate of drug-likeness (QED) is 0.0826. The molecule has 0 fully saturated rings. The molecule has 318 valence electrons. The molecule has 9 nitrogen and oxygen atoms in total. The molecule has 0 saturated carbocycles. The van der Waals surface area contributed by atoms with Crippen molar-refractivity contribution in [2.45, 2.75) is 77.8 Å². The van der Waals surface area contributed by atoms with E-state index in [2.05, 4.69) is 25.3 Å². The average Bonchev–Trinajstić information content (AvgIpc) is 3.10. The molecule has 0 aliphatic heterocycles. The van der Waals surface area contributed by atoms with Crippen molar-refractivity contribution in [1.29, 1.82) is 0 Å². The second kappa shape index (κ2) is 25.3. The fourth-order valence-corrected chi connectivity index (χ4v) is 6.15. The molecule has 21 heteroatoms. The molecular weight excluding hydrogens is 1020 g/mol. The molecular formula is C36H44BClF8I2N6O3-2. The van der Waals surface area contributed by atoms with E-state index >= 15 is 0 Å². The fraction of sp³-hybridized carbons (Fsp3) is 0.389. The van der Waals surface area contributed by atoms with Crippen LogP contribution in [-0.4, -0.2) is 75.4 Å². The zero-order valence-electron chi connectivity index (χ0n) is 31.4. The lowest BCUT2D eigenvalue weighted by atomic mass is 10.1. The number of rotatable bonds is 12. The van der Waals surface area contributed by atoms with Gasteiger partial charge in [-0.05, 0) is 110 Å². The Kier molecular flexibility index (Phi) is 23.8. The van der Waals surface area contributed by atoms with Crippen molar-refractivity contribution in [3.8, 4) is 0 Å². The number of hydrogen-bond donors (Lipinski definition) is 2. The predicted octanol–water partition coefficient (Wildman–Crippen LogP) is 8.36. The average molecular weight is 1060 g/mol. The van der Waals surface area contributed by atoms with Crippen LogP contribution in [-0.2, 0) is 25.2 Å². The molecule has 2 aromatic heterocycles. The van der Waals surface area contributed by atoms with E-state index in [1.807, 2.05) is 36.4 Å². The molecule has 2 atom stereocenters. The van der Waals surface area contributed by atoms with E-state index in [0.29, 0.717) is 44.8 Å². The number of aromatic carboxylic acids is 1. The molecule has 0 bridgehead atoms. The van der Waals surface area contributed by atoms with E-state index in [4.69, 9.17) is 5.11 Å². The van der Waals surface area contributed by atoms with Crippen LogP contribution < -0.4 is 5.32 Å². The summed E-state index contributed by atoms with van der Waals surface area (Å²) in [6, 6.07) is 8.64. The van der Waals surface area contributed by atoms with Crippen LogP contribution in [0.1, 0.15) is 85.5 Å². The molecule has 57 heavy (non-hydrogen) atoms. The largest absolute Gasteiger partial charge is 1.00 e. The van der Waals surface area contributed by atoms with Gasteiger partial charge in [-0.3, -0.25) is 4.79 Å². The van der Waals surface area contributed by atoms with Gasteiger partial charge >= 0.3 is 18.3 Å². The van der Waals surface area contributed by atoms with E-state index in [1.54, 1.807) is 48.6 Å². The third-order valence-corrected chi connectivity index (χ3v) is 9.49. The Bertz CT molecular complexity index is 1810. The number of nitrogens with zero attached hydrogens (tertiary/aromatic N) is 5. The van der Waals surface area contributed by atoms with Crippen LogP contribution in [0.3, 0.4) is 0 Å². The normalized spacial score (nSPS) is 12.0. The third-order valence-electron chi connectivity index (χ3n) is 7.69. The van der Waals surface area contributed by atoms with Crippen molar-refractivity contribution >= 4 is 77.9 Å². The molecule has 1 amide bonds. The summed E-state index contributed by atoms with van der Waals surface area (Å²) in [7, 11) is 0. The number of aryl methyl sites for hydroxylation is 2. The van der Waals surface area contributed by atoms with Crippen molar-refractivity contribution in [3.63, 3.8) is 0 Å². The molecule has 0 spiro atoms. The number of aromatic nitrogens is 4. The topological polar surface area (TPSA) is 121 Å². The van der Waals surface area contributed by atoms with Gasteiger partial charge in [-0.15, -0.1) is 12.4 Å². The van der Waals surface area contributed by atoms with E-state index in [9.17, 15) is 44.7 Å². The van der Waals surface area contributed by atoms with Gasteiger partial charge in [0, 0.05) is 63.4 Å². The summed E-state index contributed by atoms with van der Waals surface area (Å²) in [5, 5.41) is 11.7. The number of nitrogens with one attached hydrogen (secondary N) is 1. The van der Waals surface area contributed by atoms with Crippen molar-refractivity contribution in [1.82, 2.24) is 30.2 Å². The number of halogens is 11. The number of hydrogen-bond acceptors (Lipinski definition) is 7. The number of amides is 1. The molecule has 0 unspecified atom stereocenters. The number of carbonyl (C=O) groups is 2. The lowest BCUT2D eigenvalue weighted by Crippen LogP contribution is -2.39. The number of carboxylic acids is 1. The molecule has 0 aliphatic rings. The lowest BCUT2D eigenvalue weighted by Gasteiger charge is -2.28. The number of carboxylic acid groups (broad SMARTS) is 1. The maximum Gasteiger partial charge on any atom is 0.419 e. The van der Waals surface area contributed by atoms with Gasteiger partial charge in [0.15, 0.2) is 0 Å². The Balaban J connectivity index is 0. The Labute approximate surface area is 362 Å². The zero-order valence-corrected chi connectivity index (χ0v) is 35.5. The first-order valence-electron chi connectivity index (χ1n) is 16.6. The van der Waals surface area contributed by atoms with Crippen molar-refractivity contribution in [2.24, 2.45) is 0 Å². The first-order chi connectivity index (χ1) is 25.7. The minimum Gasteiger partial charge on any atom is -1.00 e. The zero-order chi connectivity index (χ0) is 41.5. The summed E-state index contributed by atoms with van der Waals surface area (Å²) in [5.41, 5.74) is -1.94. The fourth-order valence-electron chi connectivity index (χ4n) is 4.75. The van der Waals surface area contributed by atoms with E-state index in [0.717, 1.165) is 43.8 Å². The van der Waals surface area contributed by atoms with Crippen LogP contribution >= 0.6 is 57.6 Å². The molecule has 2 heterocycles. The van der Waals surface area contributed by atoms with Crippen LogP contribution in [0.15, 0.2) is 61.2 Å². The van der Waals surface area contributed by atoms with E-state index < -0.39 is 47.0 Å². The van der Waals surface area contributed by atoms with Gasteiger partial charge in [0.2, 0.25) is 0 Å². The molecule has 0 saturated heterocycles. The summed E-state index contributed by atoms with van der Waals surface area (Å²) >= 11 is 3.70. The van der Waals surface area contributed by atoms with Crippen molar-refractivity contribution < 1.29 is 51.2 Å². The predicted molar refractivity (Wildman–Crippen MR) is 225 cm³/mol. The van der Waals surface area contributed by atoms with Crippen LogP contribution in [0.25, 0.3) is 0 Å². The second-order valence-corrected chi connectivity index (χ2v) is 14.1. The van der Waals surface area contributed by atoms with Gasteiger partial charge in [0.25, 0.3) is 5.91 Å². The van der Waals surface area contributed by atoms with Crippen LogP contribution in [0.4, 0.5) is 35.1 Å². The lowest BCUT2D eigenvalue weighted by molar-refractivity contribution is -0.138. The Morgan fingerprint density at radius 1 is 0.772 bits per heavy atom. The Morgan fingerprint density at radius 3 is 1.51 bits per heavy atom. The highest BCUT2D eigenvalue weighted by Crippen LogP contribution is 2.29. The summed E-state index contributed by atoms with van der Waals surface area (Å²) in [4.78, 5) is 39.6.